The van der Waals surface area contributed by atoms with Crippen LogP contribution >= 0.6 is 0 Å². The topological polar surface area (TPSA) is 69.7 Å². The number of ether oxygens (including phenoxy) is 2. The van der Waals surface area contributed by atoms with Crippen molar-refractivity contribution in [1.29, 1.82) is 0 Å². The van der Waals surface area contributed by atoms with Crippen LogP contribution in [0.3, 0.4) is 0 Å². The summed E-state index contributed by atoms with van der Waals surface area (Å²) in [5.41, 5.74) is 0. The van der Waals surface area contributed by atoms with Gasteiger partial charge in [0.15, 0.2) is 0 Å². The summed E-state index contributed by atoms with van der Waals surface area (Å²) in [7, 11) is 0. The van der Waals surface area contributed by atoms with Crippen LogP contribution in [0.4, 0.5) is 0 Å². The molecule has 2 saturated carbocycles. The average molecular weight is 280 g/mol. The Balaban J connectivity index is 1.51. The predicted octanol–water partition coefficient (Wildman–Crippen LogP) is 1.63. The number of hydrogen-bond donors (Lipinski definition) is 0. The van der Waals surface area contributed by atoms with E-state index in [1.807, 2.05) is 6.92 Å². The number of hydrogen-bond acceptors (Lipinski definition) is 5. The van der Waals surface area contributed by atoms with Crippen molar-refractivity contribution in [2.45, 2.75) is 57.7 Å². The van der Waals surface area contributed by atoms with E-state index in [0.717, 1.165) is 19.3 Å². The number of Topliss-reactive ketones (excluding diaryl/α,β-unsaturated/α-hetero) is 1. The minimum Gasteiger partial charge on any atom is -0.458 e. The zero-order chi connectivity index (χ0) is 14.3. The van der Waals surface area contributed by atoms with E-state index in [4.69, 9.17) is 9.47 Å². The van der Waals surface area contributed by atoms with E-state index in [0.29, 0.717) is 6.42 Å². The molecule has 1 saturated heterocycles. The first-order valence-corrected chi connectivity index (χ1v) is 7.51. The fraction of sp³-hybridized carbons (Fsp3) is 0.800. The molecule has 2 aliphatic carbocycles. The number of rotatable bonds is 6. The van der Waals surface area contributed by atoms with Crippen molar-refractivity contribution >= 4 is 17.7 Å². The number of fused-ring (bicyclic) bond motifs is 1. The molecule has 3 aliphatic rings. The molecule has 20 heavy (non-hydrogen) atoms. The minimum absolute atomic E-state index is 0.0334. The molecule has 5 unspecified atom stereocenters. The van der Waals surface area contributed by atoms with Crippen molar-refractivity contribution < 1.29 is 23.9 Å². The number of carbonyl (C=O) groups excluding carboxylic acids is 3. The fourth-order valence-electron chi connectivity index (χ4n) is 3.92. The maximum atomic E-state index is 11.8. The lowest BCUT2D eigenvalue weighted by Gasteiger charge is -2.25. The third kappa shape index (κ3) is 2.23. The molecular weight excluding hydrogens is 260 g/mol. The largest absolute Gasteiger partial charge is 0.458 e. The van der Waals surface area contributed by atoms with E-state index < -0.39 is 0 Å². The van der Waals surface area contributed by atoms with Gasteiger partial charge in [-0.05, 0) is 19.3 Å². The first kappa shape index (κ1) is 13.6. The van der Waals surface area contributed by atoms with Gasteiger partial charge in [0.05, 0.1) is 12.3 Å². The highest BCUT2D eigenvalue weighted by Crippen LogP contribution is 2.55. The van der Waals surface area contributed by atoms with Crippen LogP contribution in [0, 0.1) is 17.8 Å². The highest BCUT2D eigenvalue weighted by Gasteiger charge is 2.63. The Morgan fingerprint density at radius 2 is 2.05 bits per heavy atom. The third-order valence-corrected chi connectivity index (χ3v) is 4.82. The van der Waals surface area contributed by atoms with Crippen LogP contribution in [-0.4, -0.2) is 29.9 Å². The molecule has 3 rings (SSSR count). The lowest BCUT2D eigenvalue weighted by atomic mass is 9.88. The second-order valence-electron chi connectivity index (χ2n) is 6.15. The molecule has 110 valence electrons. The lowest BCUT2D eigenvalue weighted by Crippen LogP contribution is -2.36. The standard InChI is InChI=1S/C15H20O5/c1-2-3-9(16)4-5-12(17)19-13-8-6-10-11(7-8)15(18)20-14(10)13/h8,10-11,13-14H,2-7H2,1H3. The van der Waals surface area contributed by atoms with Gasteiger partial charge in [0.1, 0.15) is 18.0 Å². The molecule has 0 amide bonds. The molecular formula is C15H20O5. The first-order chi connectivity index (χ1) is 9.60. The molecule has 2 bridgehead atoms. The Morgan fingerprint density at radius 1 is 1.25 bits per heavy atom. The Bertz CT molecular complexity index is 444. The van der Waals surface area contributed by atoms with Crippen LogP contribution in [0.2, 0.25) is 0 Å². The predicted molar refractivity (Wildman–Crippen MR) is 68.6 cm³/mol. The van der Waals surface area contributed by atoms with E-state index >= 15 is 0 Å². The molecule has 0 aromatic heterocycles. The monoisotopic (exact) mass is 280 g/mol. The van der Waals surface area contributed by atoms with Crippen LogP contribution in [-0.2, 0) is 23.9 Å². The van der Waals surface area contributed by atoms with E-state index in [9.17, 15) is 14.4 Å². The maximum Gasteiger partial charge on any atom is 0.309 e. The van der Waals surface area contributed by atoms with Gasteiger partial charge in [-0.1, -0.05) is 6.92 Å². The van der Waals surface area contributed by atoms with Gasteiger partial charge in [0.25, 0.3) is 0 Å². The van der Waals surface area contributed by atoms with Crippen molar-refractivity contribution in [2.75, 3.05) is 0 Å². The van der Waals surface area contributed by atoms with Gasteiger partial charge in [0.2, 0.25) is 0 Å². The Hall–Kier alpha value is -1.39. The molecule has 0 aromatic carbocycles. The van der Waals surface area contributed by atoms with Gasteiger partial charge in [-0.2, -0.15) is 0 Å². The summed E-state index contributed by atoms with van der Waals surface area (Å²) in [5, 5.41) is 0. The van der Waals surface area contributed by atoms with Crippen LogP contribution in [0.15, 0.2) is 0 Å². The van der Waals surface area contributed by atoms with Crippen LogP contribution in [0.5, 0.6) is 0 Å². The lowest BCUT2D eigenvalue weighted by molar-refractivity contribution is -0.162. The number of carbonyl (C=O) groups is 3. The quantitative estimate of drug-likeness (QED) is 0.692. The summed E-state index contributed by atoms with van der Waals surface area (Å²) in [4.78, 5) is 34.8. The summed E-state index contributed by atoms with van der Waals surface area (Å²) < 4.78 is 10.8. The van der Waals surface area contributed by atoms with Crippen molar-refractivity contribution in [2.24, 2.45) is 17.8 Å². The van der Waals surface area contributed by atoms with E-state index in [2.05, 4.69) is 0 Å². The smallest absolute Gasteiger partial charge is 0.309 e. The Kier molecular flexibility index (Phi) is 3.52. The molecule has 1 aliphatic heterocycles. The molecule has 0 aromatic rings. The first-order valence-electron chi connectivity index (χ1n) is 7.51. The Morgan fingerprint density at radius 3 is 2.80 bits per heavy atom. The summed E-state index contributed by atoms with van der Waals surface area (Å²) >= 11 is 0. The van der Waals surface area contributed by atoms with Gasteiger partial charge in [0, 0.05) is 24.7 Å². The molecule has 1 heterocycles. The third-order valence-electron chi connectivity index (χ3n) is 4.82. The zero-order valence-corrected chi connectivity index (χ0v) is 11.7. The normalized spacial score (nSPS) is 37.0. The van der Waals surface area contributed by atoms with Crippen molar-refractivity contribution in [3.05, 3.63) is 0 Å². The second-order valence-corrected chi connectivity index (χ2v) is 6.15. The van der Waals surface area contributed by atoms with Crippen molar-refractivity contribution in [1.82, 2.24) is 0 Å². The Labute approximate surface area is 118 Å². The summed E-state index contributed by atoms with van der Waals surface area (Å²) in [6.07, 6.45) is 2.90. The molecule has 5 heteroatoms. The molecule has 0 spiro atoms. The zero-order valence-electron chi connectivity index (χ0n) is 11.7. The molecule has 0 N–H and O–H groups in total. The summed E-state index contributed by atoms with van der Waals surface area (Å²) in [6.45, 7) is 1.94. The van der Waals surface area contributed by atoms with E-state index in [1.165, 1.54) is 0 Å². The van der Waals surface area contributed by atoms with Gasteiger partial charge in [-0.25, -0.2) is 0 Å². The van der Waals surface area contributed by atoms with E-state index in [1.54, 1.807) is 0 Å². The highest BCUT2D eigenvalue weighted by molar-refractivity contribution is 5.83. The van der Waals surface area contributed by atoms with Crippen molar-refractivity contribution in [3.63, 3.8) is 0 Å². The fourth-order valence-corrected chi connectivity index (χ4v) is 3.92. The molecule has 0 radical (unpaired) electrons. The van der Waals surface area contributed by atoms with Gasteiger partial charge in [-0.15, -0.1) is 0 Å². The van der Waals surface area contributed by atoms with Gasteiger partial charge >= 0.3 is 11.9 Å². The highest BCUT2D eigenvalue weighted by atomic mass is 16.6. The summed E-state index contributed by atoms with van der Waals surface area (Å²) in [6, 6.07) is 0. The van der Waals surface area contributed by atoms with Crippen LogP contribution in [0.1, 0.15) is 45.4 Å². The second kappa shape index (κ2) is 5.19. The average Bonchev–Trinajstić information content (AvgIpc) is 3.01. The molecule has 5 nitrogen and oxygen atoms in total. The minimum atomic E-state index is -0.341. The van der Waals surface area contributed by atoms with E-state index in [-0.39, 0.29) is 60.5 Å². The number of esters is 2. The van der Waals surface area contributed by atoms with Crippen LogP contribution < -0.4 is 0 Å². The SMILES string of the molecule is CCCC(=O)CCC(=O)OC1C2CC3C(=O)OC1C3C2. The van der Waals surface area contributed by atoms with Crippen LogP contribution in [0.25, 0.3) is 0 Å². The maximum absolute atomic E-state index is 11.8. The van der Waals surface area contributed by atoms with Gasteiger partial charge < -0.3 is 9.47 Å². The summed E-state index contributed by atoms with van der Waals surface area (Å²) in [5.74, 6) is 0.172. The van der Waals surface area contributed by atoms with Crippen molar-refractivity contribution in [3.8, 4) is 0 Å². The molecule has 3 fully saturated rings. The van der Waals surface area contributed by atoms with Gasteiger partial charge in [-0.3, -0.25) is 14.4 Å². The molecule has 5 atom stereocenters. The number of ketones is 1.